The van der Waals surface area contributed by atoms with E-state index >= 15 is 0 Å². The summed E-state index contributed by atoms with van der Waals surface area (Å²) in [5.41, 5.74) is 0.132. The number of methoxy groups -OCH3 is 1. The lowest BCUT2D eigenvalue weighted by atomic mass is 9.90. The standard InChI is InChI=1S/C23H25F3N6O2/c1-15-4-3-11-31(20(15)14-28-21-8-5-16(13-27-21)23(24,25)26)22(33)18-7-6-17(34-2)12-19(18)32-29-9-10-30-32/h5-10,12-13,15,20H,3-4,11,14H2,1-2H3,(H,27,28)/t15-,20-/m1/s1. The molecule has 1 amide bonds. The highest BCUT2D eigenvalue weighted by molar-refractivity contribution is 5.98. The number of benzene rings is 1. The first kappa shape index (κ1) is 23.5. The van der Waals surface area contributed by atoms with Gasteiger partial charge in [-0.05, 0) is 43.0 Å². The predicted molar refractivity (Wildman–Crippen MR) is 119 cm³/mol. The van der Waals surface area contributed by atoms with Gasteiger partial charge >= 0.3 is 6.18 Å². The molecule has 0 saturated carbocycles. The normalized spacial score (nSPS) is 18.6. The highest BCUT2D eigenvalue weighted by Crippen LogP contribution is 2.30. The highest BCUT2D eigenvalue weighted by Gasteiger charge is 2.34. The van der Waals surface area contributed by atoms with Crippen LogP contribution < -0.4 is 10.1 Å². The van der Waals surface area contributed by atoms with Crippen molar-refractivity contribution in [2.75, 3.05) is 25.5 Å². The van der Waals surface area contributed by atoms with E-state index in [4.69, 9.17) is 4.74 Å². The van der Waals surface area contributed by atoms with Gasteiger partial charge in [-0.15, -0.1) is 0 Å². The van der Waals surface area contributed by atoms with Crippen LogP contribution in [0.4, 0.5) is 19.0 Å². The summed E-state index contributed by atoms with van der Waals surface area (Å²) in [6, 6.07) is 7.23. The van der Waals surface area contributed by atoms with Gasteiger partial charge in [0.25, 0.3) is 5.91 Å². The van der Waals surface area contributed by atoms with Gasteiger partial charge in [0.1, 0.15) is 17.3 Å². The first-order valence-electron chi connectivity index (χ1n) is 10.9. The lowest BCUT2D eigenvalue weighted by molar-refractivity contribution is -0.137. The smallest absolute Gasteiger partial charge is 0.417 e. The van der Waals surface area contributed by atoms with Crippen LogP contribution in [0, 0.1) is 5.92 Å². The third-order valence-corrected chi connectivity index (χ3v) is 6.03. The lowest BCUT2D eigenvalue weighted by Gasteiger charge is -2.40. The summed E-state index contributed by atoms with van der Waals surface area (Å²) in [6.07, 6.45) is 1.21. The number of piperidine rings is 1. The Labute approximate surface area is 194 Å². The Bertz CT molecular complexity index is 1120. The minimum atomic E-state index is -4.44. The first-order chi connectivity index (χ1) is 16.3. The van der Waals surface area contributed by atoms with Crippen LogP contribution in [0.25, 0.3) is 5.69 Å². The zero-order chi connectivity index (χ0) is 24.3. The Kier molecular flexibility index (Phi) is 6.71. The summed E-state index contributed by atoms with van der Waals surface area (Å²) in [5, 5.41) is 11.4. The molecule has 2 atom stereocenters. The molecule has 1 saturated heterocycles. The maximum Gasteiger partial charge on any atom is 0.417 e. The van der Waals surface area contributed by atoms with Crippen LogP contribution in [-0.2, 0) is 6.18 Å². The van der Waals surface area contributed by atoms with Gasteiger partial charge in [0.05, 0.1) is 36.7 Å². The van der Waals surface area contributed by atoms with Gasteiger partial charge in [-0.2, -0.15) is 28.2 Å². The molecule has 0 radical (unpaired) electrons. The van der Waals surface area contributed by atoms with E-state index in [1.165, 1.54) is 23.3 Å². The van der Waals surface area contributed by atoms with Crippen molar-refractivity contribution >= 4 is 11.7 Å². The number of halogens is 3. The van der Waals surface area contributed by atoms with Crippen molar-refractivity contribution in [3.8, 4) is 11.4 Å². The van der Waals surface area contributed by atoms with E-state index < -0.39 is 11.7 Å². The molecule has 1 aromatic carbocycles. The minimum absolute atomic E-state index is 0.173. The second-order valence-electron chi connectivity index (χ2n) is 8.20. The quantitative estimate of drug-likeness (QED) is 0.581. The molecular formula is C23H25F3N6O2. The fourth-order valence-electron chi connectivity index (χ4n) is 4.17. The monoisotopic (exact) mass is 474 g/mol. The number of carbonyl (C=O) groups excluding carboxylic acids is 1. The Morgan fingerprint density at radius 2 is 1.97 bits per heavy atom. The molecule has 3 aromatic rings. The SMILES string of the molecule is COc1ccc(C(=O)N2CCC[C@@H](C)[C@H]2CNc2ccc(C(F)(F)F)cn2)c(-n2nccn2)c1. The van der Waals surface area contributed by atoms with Crippen molar-refractivity contribution in [3.63, 3.8) is 0 Å². The van der Waals surface area contributed by atoms with Gasteiger partial charge in [-0.1, -0.05) is 6.92 Å². The van der Waals surface area contributed by atoms with Crippen LogP contribution in [0.15, 0.2) is 48.9 Å². The van der Waals surface area contributed by atoms with E-state index in [9.17, 15) is 18.0 Å². The number of likely N-dealkylation sites (tertiary alicyclic amines) is 1. The van der Waals surface area contributed by atoms with Crippen molar-refractivity contribution < 1.29 is 22.7 Å². The molecular weight excluding hydrogens is 449 g/mol. The number of alkyl halides is 3. The molecule has 8 nitrogen and oxygen atoms in total. The van der Waals surface area contributed by atoms with E-state index in [1.54, 1.807) is 30.2 Å². The molecule has 1 aliphatic heterocycles. The van der Waals surface area contributed by atoms with Gasteiger partial charge in [0.15, 0.2) is 0 Å². The van der Waals surface area contributed by atoms with Gasteiger partial charge in [-0.25, -0.2) is 4.98 Å². The number of hydrogen-bond donors (Lipinski definition) is 1. The van der Waals surface area contributed by atoms with Gasteiger partial charge in [0, 0.05) is 25.4 Å². The number of hydrogen-bond acceptors (Lipinski definition) is 6. The Hall–Kier alpha value is -3.63. The minimum Gasteiger partial charge on any atom is -0.497 e. The molecule has 2 aromatic heterocycles. The average Bonchev–Trinajstić information content (AvgIpc) is 3.37. The van der Waals surface area contributed by atoms with Crippen molar-refractivity contribution in [3.05, 3.63) is 60.0 Å². The number of rotatable bonds is 6. The van der Waals surface area contributed by atoms with Crippen molar-refractivity contribution in [2.24, 2.45) is 5.92 Å². The molecule has 0 unspecified atom stereocenters. The molecule has 34 heavy (non-hydrogen) atoms. The van der Waals surface area contributed by atoms with Crippen molar-refractivity contribution in [1.29, 1.82) is 0 Å². The Morgan fingerprint density at radius 3 is 2.62 bits per heavy atom. The second-order valence-corrected chi connectivity index (χ2v) is 8.20. The molecule has 0 spiro atoms. The van der Waals surface area contributed by atoms with Crippen LogP contribution in [0.5, 0.6) is 5.75 Å². The molecule has 0 bridgehead atoms. The second kappa shape index (κ2) is 9.70. The van der Waals surface area contributed by atoms with E-state index in [-0.39, 0.29) is 17.9 Å². The largest absolute Gasteiger partial charge is 0.497 e. The summed E-state index contributed by atoms with van der Waals surface area (Å²) in [6.45, 7) is 2.99. The van der Waals surface area contributed by atoms with E-state index in [0.717, 1.165) is 25.1 Å². The number of amides is 1. The van der Waals surface area contributed by atoms with Gasteiger partial charge in [0.2, 0.25) is 0 Å². The number of carbonyl (C=O) groups is 1. The third kappa shape index (κ3) is 4.97. The van der Waals surface area contributed by atoms with E-state index in [1.807, 2.05) is 0 Å². The molecule has 180 valence electrons. The number of pyridine rings is 1. The summed E-state index contributed by atoms with van der Waals surface area (Å²) >= 11 is 0. The van der Waals surface area contributed by atoms with Crippen LogP contribution in [0.1, 0.15) is 35.7 Å². The molecule has 1 fully saturated rings. The average molecular weight is 474 g/mol. The summed E-state index contributed by atoms with van der Waals surface area (Å²) in [7, 11) is 1.54. The highest BCUT2D eigenvalue weighted by atomic mass is 19.4. The van der Waals surface area contributed by atoms with Crippen molar-refractivity contribution in [1.82, 2.24) is 24.9 Å². The molecule has 0 aliphatic carbocycles. The topological polar surface area (TPSA) is 85.2 Å². The molecule has 4 rings (SSSR count). The Balaban J connectivity index is 1.56. The number of aromatic nitrogens is 4. The van der Waals surface area contributed by atoms with Crippen LogP contribution in [0.3, 0.4) is 0 Å². The number of nitrogens with one attached hydrogen (secondary N) is 1. The molecule has 1 N–H and O–H groups in total. The fraction of sp³-hybridized carbons (Fsp3) is 0.391. The van der Waals surface area contributed by atoms with Crippen LogP contribution in [-0.4, -0.2) is 57.0 Å². The van der Waals surface area contributed by atoms with Crippen LogP contribution >= 0.6 is 0 Å². The van der Waals surface area contributed by atoms with Gasteiger partial charge < -0.3 is 15.0 Å². The zero-order valence-electron chi connectivity index (χ0n) is 18.8. The summed E-state index contributed by atoms with van der Waals surface area (Å²) < 4.78 is 43.7. The predicted octanol–water partition coefficient (Wildman–Crippen LogP) is 4.04. The number of nitrogens with zero attached hydrogens (tertiary/aromatic N) is 5. The van der Waals surface area contributed by atoms with Gasteiger partial charge in [-0.3, -0.25) is 4.79 Å². The third-order valence-electron chi connectivity index (χ3n) is 6.03. The zero-order valence-corrected chi connectivity index (χ0v) is 18.8. The fourth-order valence-corrected chi connectivity index (χ4v) is 4.17. The maximum atomic E-state index is 13.7. The van der Waals surface area contributed by atoms with E-state index in [0.29, 0.717) is 35.9 Å². The number of anilines is 1. The summed E-state index contributed by atoms with van der Waals surface area (Å²) in [5.74, 6) is 0.907. The molecule has 1 aliphatic rings. The maximum absolute atomic E-state index is 13.7. The van der Waals surface area contributed by atoms with Crippen molar-refractivity contribution in [2.45, 2.75) is 32.0 Å². The number of ether oxygens (including phenoxy) is 1. The van der Waals surface area contributed by atoms with Crippen LogP contribution in [0.2, 0.25) is 0 Å². The molecule has 3 heterocycles. The molecule has 11 heteroatoms. The lowest BCUT2D eigenvalue weighted by Crippen LogP contribution is -2.51. The Morgan fingerprint density at radius 1 is 1.21 bits per heavy atom. The van der Waals surface area contributed by atoms with E-state index in [2.05, 4.69) is 27.4 Å². The summed E-state index contributed by atoms with van der Waals surface area (Å²) in [4.78, 5) is 20.7. The first-order valence-corrected chi connectivity index (χ1v) is 10.9.